The molecule has 0 bridgehead atoms. The molecule has 1 N–H and O–H groups in total. The van der Waals surface area contributed by atoms with E-state index in [9.17, 15) is 21.6 Å². The molecular formula is C19H24ClN3O5S2. The van der Waals surface area contributed by atoms with Crippen LogP contribution in [-0.4, -0.2) is 48.3 Å². The van der Waals surface area contributed by atoms with E-state index in [4.69, 9.17) is 11.6 Å². The Morgan fingerprint density at radius 1 is 1.00 bits per heavy atom. The fourth-order valence-electron chi connectivity index (χ4n) is 2.87. The van der Waals surface area contributed by atoms with Crippen LogP contribution in [0.3, 0.4) is 0 Å². The summed E-state index contributed by atoms with van der Waals surface area (Å²) in [6.45, 7) is 1.70. The smallest absolute Gasteiger partial charge is 0.248 e. The van der Waals surface area contributed by atoms with Gasteiger partial charge in [-0.05, 0) is 42.8 Å². The van der Waals surface area contributed by atoms with E-state index < -0.39 is 32.0 Å². The van der Waals surface area contributed by atoms with Crippen LogP contribution in [0.4, 0.5) is 17.1 Å². The molecule has 0 spiro atoms. The Labute approximate surface area is 182 Å². The third-order valence-electron chi connectivity index (χ3n) is 4.37. The van der Waals surface area contributed by atoms with Crippen LogP contribution in [0.25, 0.3) is 0 Å². The molecule has 0 aliphatic carbocycles. The van der Waals surface area contributed by atoms with E-state index in [-0.39, 0.29) is 12.1 Å². The summed E-state index contributed by atoms with van der Waals surface area (Å²) in [4.78, 5) is 13.0. The molecule has 1 amide bonds. The zero-order valence-electron chi connectivity index (χ0n) is 17.0. The number of halogens is 1. The molecule has 2 rings (SSSR count). The summed E-state index contributed by atoms with van der Waals surface area (Å²) in [5, 5.41) is 3.02. The summed E-state index contributed by atoms with van der Waals surface area (Å²) < 4.78 is 50.6. The molecule has 1 atom stereocenters. The van der Waals surface area contributed by atoms with Crippen molar-refractivity contribution in [1.29, 1.82) is 0 Å². The maximum absolute atomic E-state index is 13.0. The maximum atomic E-state index is 13.0. The second-order valence-corrected chi connectivity index (χ2v) is 11.0. The van der Waals surface area contributed by atoms with E-state index in [2.05, 4.69) is 5.32 Å². The van der Waals surface area contributed by atoms with Gasteiger partial charge in [0, 0.05) is 17.8 Å². The van der Waals surface area contributed by atoms with Crippen molar-refractivity contribution in [1.82, 2.24) is 0 Å². The van der Waals surface area contributed by atoms with Crippen LogP contribution < -0.4 is 13.9 Å². The van der Waals surface area contributed by atoms with E-state index in [1.54, 1.807) is 43.3 Å². The molecule has 8 nitrogen and oxygen atoms in total. The highest BCUT2D eigenvalue weighted by molar-refractivity contribution is 7.92. The van der Waals surface area contributed by atoms with Crippen molar-refractivity contribution in [2.24, 2.45) is 0 Å². The predicted octanol–water partition coefficient (Wildman–Crippen LogP) is 2.92. The standard InChI is InChI=1S/C19H24ClN3O5S2/c1-5-18(23(30(4,27)28)17-11-6-8-14(20)12-17)19(24)21-15-9-7-10-16(13-15)22(2)29(3,25)26/h6-13,18H,5H2,1-4H3,(H,21,24)/t18-/m0/s1. The lowest BCUT2D eigenvalue weighted by atomic mass is 10.1. The average Bonchev–Trinajstić information content (AvgIpc) is 2.63. The topological polar surface area (TPSA) is 104 Å². The normalized spacial score (nSPS) is 12.8. The first-order chi connectivity index (χ1) is 13.8. The Kier molecular flexibility index (Phi) is 7.38. The Balaban J connectivity index is 2.38. The summed E-state index contributed by atoms with van der Waals surface area (Å²) in [6.07, 6.45) is 2.29. The molecule has 0 aromatic heterocycles. The number of anilines is 3. The number of sulfonamides is 2. The number of amides is 1. The van der Waals surface area contributed by atoms with Crippen LogP contribution in [0.2, 0.25) is 5.02 Å². The highest BCUT2D eigenvalue weighted by Crippen LogP contribution is 2.27. The van der Waals surface area contributed by atoms with Gasteiger partial charge in [-0.3, -0.25) is 13.4 Å². The minimum atomic E-state index is -3.80. The third-order valence-corrected chi connectivity index (χ3v) is 6.99. The number of rotatable bonds is 8. The minimum absolute atomic E-state index is 0.203. The van der Waals surface area contributed by atoms with E-state index in [0.29, 0.717) is 16.4 Å². The second kappa shape index (κ2) is 9.23. The van der Waals surface area contributed by atoms with Gasteiger partial charge < -0.3 is 5.32 Å². The number of hydrogen-bond acceptors (Lipinski definition) is 5. The van der Waals surface area contributed by atoms with Gasteiger partial charge in [0.05, 0.1) is 23.9 Å². The zero-order valence-corrected chi connectivity index (χ0v) is 19.4. The lowest BCUT2D eigenvalue weighted by molar-refractivity contribution is -0.117. The number of nitrogens with one attached hydrogen (secondary N) is 1. The first kappa shape index (κ1) is 24.0. The van der Waals surface area contributed by atoms with E-state index >= 15 is 0 Å². The van der Waals surface area contributed by atoms with Gasteiger partial charge in [-0.2, -0.15) is 0 Å². The molecule has 2 aromatic rings. The highest BCUT2D eigenvalue weighted by Gasteiger charge is 2.31. The van der Waals surface area contributed by atoms with Crippen molar-refractivity contribution >= 4 is 54.6 Å². The van der Waals surface area contributed by atoms with Gasteiger partial charge in [-0.25, -0.2) is 16.8 Å². The molecule has 2 aromatic carbocycles. The molecule has 0 heterocycles. The van der Waals surface area contributed by atoms with Crippen molar-refractivity contribution in [3.8, 4) is 0 Å². The number of carbonyl (C=O) groups is 1. The van der Waals surface area contributed by atoms with Gasteiger partial charge in [0.25, 0.3) is 0 Å². The number of carbonyl (C=O) groups excluding carboxylic acids is 1. The molecule has 11 heteroatoms. The Morgan fingerprint density at radius 2 is 1.60 bits per heavy atom. The summed E-state index contributed by atoms with van der Waals surface area (Å²) in [5.74, 6) is -0.554. The van der Waals surface area contributed by atoms with Crippen LogP contribution in [0.1, 0.15) is 13.3 Å². The molecule has 0 saturated carbocycles. The SMILES string of the molecule is CC[C@@H](C(=O)Nc1cccc(N(C)S(C)(=O)=O)c1)N(c1cccc(Cl)c1)S(C)(=O)=O. The molecule has 164 valence electrons. The predicted molar refractivity (Wildman–Crippen MR) is 121 cm³/mol. The molecule has 0 aliphatic rings. The molecule has 0 radical (unpaired) electrons. The van der Waals surface area contributed by atoms with Crippen molar-refractivity contribution in [3.05, 3.63) is 53.6 Å². The van der Waals surface area contributed by atoms with E-state index in [0.717, 1.165) is 21.1 Å². The van der Waals surface area contributed by atoms with Gasteiger partial charge in [-0.15, -0.1) is 0 Å². The van der Waals surface area contributed by atoms with Crippen LogP contribution in [0, 0.1) is 0 Å². The Bertz CT molecular complexity index is 1140. The minimum Gasteiger partial charge on any atom is -0.324 e. The fraction of sp³-hybridized carbons (Fsp3) is 0.316. The first-order valence-electron chi connectivity index (χ1n) is 8.94. The summed E-state index contributed by atoms with van der Waals surface area (Å²) in [7, 11) is -5.87. The highest BCUT2D eigenvalue weighted by atomic mass is 35.5. The average molecular weight is 474 g/mol. The van der Waals surface area contributed by atoms with Gasteiger partial charge in [0.1, 0.15) is 6.04 Å². The summed E-state index contributed by atoms with van der Waals surface area (Å²) >= 11 is 6.00. The van der Waals surface area contributed by atoms with Crippen molar-refractivity contribution in [3.63, 3.8) is 0 Å². The lowest BCUT2D eigenvalue weighted by Crippen LogP contribution is -2.47. The quantitative estimate of drug-likeness (QED) is 0.634. The molecule has 0 saturated heterocycles. The largest absolute Gasteiger partial charge is 0.324 e. The molecule has 0 aliphatic heterocycles. The second-order valence-electron chi connectivity index (χ2n) is 6.73. The third kappa shape index (κ3) is 5.87. The molecule has 0 fully saturated rings. The Hall–Kier alpha value is -2.30. The van der Waals surface area contributed by atoms with Gasteiger partial charge >= 0.3 is 0 Å². The summed E-state index contributed by atoms with van der Waals surface area (Å²) in [6, 6.07) is 11.5. The fourth-order valence-corrected chi connectivity index (χ4v) is 4.75. The van der Waals surface area contributed by atoms with Crippen LogP contribution in [0.15, 0.2) is 48.5 Å². The molecule has 30 heavy (non-hydrogen) atoms. The van der Waals surface area contributed by atoms with Crippen LogP contribution in [-0.2, 0) is 24.8 Å². The maximum Gasteiger partial charge on any atom is 0.248 e. The molecular weight excluding hydrogens is 450 g/mol. The van der Waals surface area contributed by atoms with E-state index in [1.165, 1.54) is 19.2 Å². The molecule has 0 unspecified atom stereocenters. The van der Waals surface area contributed by atoms with Gasteiger partial charge in [0.2, 0.25) is 26.0 Å². The van der Waals surface area contributed by atoms with Crippen LogP contribution >= 0.6 is 11.6 Å². The van der Waals surface area contributed by atoms with E-state index in [1.807, 2.05) is 0 Å². The number of nitrogens with zero attached hydrogens (tertiary/aromatic N) is 2. The van der Waals surface area contributed by atoms with Gasteiger partial charge in [-0.1, -0.05) is 30.7 Å². The number of hydrogen-bond donors (Lipinski definition) is 1. The van der Waals surface area contributed by atoms with Gasteiger partial charge in [0.15, 0.2) is 0 Å². The lowest BCUT2D eigenvalue weighted by Gasteiger charge is -2.30. The van der Waals surface area contributed by atoms with Crippen molar-refractivity contribution in [2.45, 2.75) is 19.4 Å². The van der Waals surface area contributed by atoms with Crippen molar-refractivity contribution in [2.75, 3.05) is 33.5 Å². The van der Waals surface area contributed by atoms with Crippen molar-refractivity contribution < 1.29 is 21.6 Å². The zero-order chi connectivity index (χ0) is 22.7. The first-order valence-corrected chi connectivity index (χ1v) is 13.0. The monoisotopic (exact) mass is 473 g/mol. The summed E-state index contributed by atoms with van der Waals surface area (Å²) in [5.41, 5.74) is 0.974. The Morgan fingerprint density at radius 3 is 2.13 bits per heavy atom. The number of benzene rings is 2. The van der Waals surface area contributed by atoms with Crippen LogP contribution in [0.5, 0.6) is 0 Å².